The number of hydrogen-bond acceptors (Lipinski definition) is 5. The van der Waals surface area contributed by atoms with Gasteiger partial charge >= 0.3 is 11.8 Å². The van der Waals surface area contributed by atoms with Gasteiger partial charge in [-0.3, -0.25) is 9.59 Å². The normalized spacial score (nSPS) is 11.4. The Balaban J connectivity index is 1.63. The molecule has 7 nitrogen and oxygen atoms in total. The first kappa shape index (κ1) is 14.4. The van der Waals surface area contributed by atoms with E-state index in [1.807, 2.05) is 6.07 Å². The lowest BCUT2D eigenvalue weighted by atomic mass is 10.2. The van der Waals surface area contributed by atoms with E-state index in [1.54, 1.807) is 42.5 Å². The van der Waals surface area contributed by atoms with Crippen LogP contribution < -0.4 is 20.1 Å². The van der Waals surface area contributed by atoms with Crippen LogP contribution in [-0.4, -0.2) is 18.6 Å². The second-order valence-electron chi connectivity index (χ2n) is 4.67. The van der Waals surface area contributed by atoms with Gasteiger partial charge in [0.05, 0.1) is 11.6 Å². The molecule has 0 spiro atoms. The number of fused-ring (bicyclic) bond motifs is 1. The van der Waals surface area contributed by atoms with Crippen molar-refractivity contribution in [3.63, 3.8) is 0 Å². The maximum absolute atomic E-state index is 11.9. The third-order valence-electron chi connectivity index (χ3n) is 3.11. The molecule has 0 saturated heterocycles. The summed E-state index contributed by atoms with van der Waals surface area (Å²) in [4.78, 5) is 23.8. The number of nitrogens with one attached hydrogen (secondary N) is 2. The lowest BCUT2D eigenvalue weighted by molar-refractivity contribution is -0.132. The summed E-state index contributed by atoms with van der Waals surface area (Å²) in [6.45, 7) is 0.131. The molecule has 7 heteroatoms. The van der Waals surface area contributed by atoms with E-state index in [-0.39, 0.29) is 6.79 Å². The van der Waals surface area contributed by atoms with Gasteiger partial charge in [-0.15, -0.1) is 0 Å². The van der Waals surface area contributed by atoms with Crippen LogP contribution in [0, 0.1) is 11.3 Å². The Labute approximate surface area is 131 Å². The van der Waals surface area contributed by atoms with Crippen molar-refractivity contribution in [2.75, 3.05) is 17.4 Å². The molecule has 2 aromatic rings. The molecule has 114 valence electrons. The summed E-state index contributed by atoms with van der Waals surface area (Å²) in [6, 6.07) is 13.0. The third-order valence-corrected chi connectivity index (χ3v) is 3.11. The number of ether oxygens (including phenoxy) is 2. The van der Waals surface area contributed by atoms with Crippen LogP contribution in [-0.2, 0) is 9.59 Å². The summed E-state index contributed by atoms with van der Waals surface area (Å²) in [5, 5.41) is 13.6. The number of anilines is 2. The van der Waals surface area contributed by atoms with E-state index in [0.29, 0.717) is 28.4 Å². The fourth-order valence-electron chi connectivity index (χ4n) is 1.98. The largest absolute Gasteiger partial charge is 0.454 e. The molecule has 0 atom stereocenters. The van der Waals surface area contributed by atoms with Crippen molar-refractivity contribution < 1.29 is 19.1 Å². The highest BCUT2D eigenvalue weighted by Crippen LogP contribution is 2.34. The van der Waals surface area contributed by atoms with E-state index in [9.17, 15) is 9.59 Å². The third kappa shape index (κ3) is 3.22. The van der Waals surface area contributed by atoms with E-state index in [1.165, 1.54) is 0 Å². The summed E-state index contributed by atoms with van der Waals surface area (Å²) >= 11 is 0. The molecule has 2 N–H and O–H groups in total. The Morgan fingerprint density at radius 3 is 2.22 bits per heavy atom. The van der Waals surface area contributed by atoms with Crippen molar-refractivity contribution in [2.45, 2.75) is 0 Å². The van der Waals surface area contributed by atoms with Crippen LogP contribution in [0.2, 0.25) is 0 Å². The lowest BCUT2D eigenvalue weighted by Crippen LogP contribution is -2.29. The maximum Gasteiger partial charge on any atom is 0.314 e. The predicted molar refractivity (Wildman–Crippen MR) is 81.0 cm³/mol. The maximum atomic E-state index is 11.9. The fourth-order valence-corrected chi connectivity index (χ4v) is 1.98. The Hall–Kier alpha value is -3.53. The quantitative estimate of drug-likeness (QED) is 0.825. The van der Waals surface area contributed by atoms with Crippen LogP contribution in [0.3, 0.4) is 0 Å². The molecule has 0 radical (unpaired) electrons. The van der Waals surface area contributed by atoms with Gasteiger partial charge in [0.1, 0.15) is 0 Å². The fraction of sp³-hybridized carbons (Fsp3) is 0.0625. The molecule has 1 heterocycles. The second-order valence-corrected chi connectivity index (χ2v) is 4.67. The van der Waals surface area contributed by atoms with Gasteiger partial charge in [-0.05, 0) is 36.4 Å². The van der Waals surface area contributed by atoms with Crippen molar-refractivity contribution >= 4 is 23.2 Å². The number of rotatable bonds is 2. The zero-order valence-corrected chi connectivity index (χ0v) is 11.8. The second kappa shape index (κ2) is 6.07. The van der Waals surface area contributed by atoms with Crippen molar-refractivity contribution in [3.05, 3.63) is 48.0 Å². The number of amides is 2. The predicted octanol–water partition coefficient (Wildman–Crippen LogP) is 1.86. The molecule has 3 rings (SSSR count). The first-order valence-electron chi connectivity index (χ1n) is 6.68. The monoisotopic (exact) mass is 309 g/mol. The van der Waals surface area contributed by atoms with E-state index < -0.39 is 11.8 Å². The summed E-state index contributed by atoms with van der Waals surface area (Å²) in [5.74, 6) is -0.527. The first-order chi connectivity index (χ1) is 11.2. The van der Waals surface area contributed by atoms with Gasteiger partial charge in [-0.2, -0.15) is 5.26 Å². The van der Waals surface area contributed by atoms with E-state index in [0.717, 1.165) is 0 Å². The summed E-state index contributed by atoms with van der Waals surface area (Å²) in [7, 11) is 0. The van der Waals surface area contributed by atoms with Crippen molar-refractivity contribution in [3.8, 4) is 17.6 Å². The van der Waals surface area contributed by atoms with E-state index >= 15 is 0 Å². The van der Waals surface area contributed by atoms with Crippen molar-refractivity contribution in [1.82, 2.24) is 0 Å². The van der Waals surface area contributed by atoms with Crippen LogP contribution in [0.4, 0.5) is 11.4 Å². The number of hydrogen-bond donors (Lipinski definition) is 2. The van der Waals surface area contributed by atoms with Crippen LogP contribution in [0.15, 0.2) is 42.5 Å². The molecule has 1 aliphatic heterocycles. The van der Waals surface area contributed by atoms with Crippen LogP contribution in [0.25, 0.3) is 0 Å². The van der Waals surface area contributed by atoms with Gasteiger partial charge in [0, 0.05) is 17.4 Å². The smallest absolute Gasteiger partial charge is 0.314 e. The number of carbonyl (C=O) groups excluding carboxylic acids is 2. The van der Waals surface area contributed by atoms with Crippen LogP contribution >= 0.6 is 0 Å². The minimum absolute atomic E-state index is 0.131. The number of carbonyl (C=O) groups is 2. The zero-order chi connectivity index (χ0) is 16.2. The molecule has 0 unspecified atom stereocenters. The SMILES string of the molecule is N#Cc1ccc(NC(=O)C(=O)Nc2ccc3c(c2)OCO3)cc1. The molecule has 23 heavy (non-hydrogen) atoms. The van der Waals surface area contributed by atoms with E-state index in [2.05, 4.69) is 10.6 Å². The Bertz CT molecular complexity index is 809. The summed E-state index contributed by atoms with van der Waals surface area (Å²) in [6.07, 6.45) is 0. The molecule has 1 aliphatic rings. The Morgan fingerprint density at radius 1 is 0.913 bits per heavy atom. The molecular formula is C16H11N3O4. The minimum Gasteiger partial charge on any atom is -0.454 e. The average molecular weight is 309 g/mol. The van der Waals surface area contributed by atoms with Gasteiger partial charge < -0.3 is 20.1 Å². The highest BCUT2D eigenvalue weighted by molar-refractivity contribution is 6.43. The summed E-state index contributed by atoms with van der Waals surface area (Å²) < 4.78 is 10.4. The van der Waals surface area contributed by atoms with Gasteiger partial charge in [0.2, 0.25) is 6.79 Å². The van der Waals surface area contributed by atoms with Gasteiger partial charge in [-0.25, -0.2) is 0 Å². The Kier molecular flexibility index (Phi) is 3.80. The molecule has 0 bridgehead atoms. The minimum atomic E-state index is -0.813. The number of nitrogens with zero attached hydrogens (tertiary/aromatic N) is 1. The molecule has 0 saturated carbocycles. The highest BCUT2D eigenvalue weighted by atomic mass is 16.7. The van der Waals surface area contributed by atoms with Gasteiger partial charge in [-0.1, -0.05) is 0 Å². The van der Waals surface area contributed by atoms with Gasteiger partial charge in [0.15, 0.2) is 11.5 Å². The zero-order valence-electron chi connectivity index (χ0n) is 11.8. The van der Waals surface area contributed by atoms with Crippen LogP contribution in [0.5, 0.6) is 11.5 Å². The lowest BCUT2D eigenvalue weighted by Gasteiger charge is -2.07. The molecule has 0 aliphatic carbocycles. The molecule has 0 fully saturated rings. The summed E-state index contributed by atoms with van der Waals surface area (Å²) in [5.41, 5.74) is 1.32. The van der Waals surface area contributed by atoms with Crippen molar-refractivity contribution in [2.24, 2.45) is 0 Å². The molecule has 2 aromatic carbocycles. The topological polar surface area (TPSA) is 100 Å². The first-order valence-corrected chi connectivity index (χ1v) is 6.68. The Morgan fingerprint density at radius 2 is 1.52 bits per heavy atom. The molecule has 0 aromatic heterocycles. The van der Waals surface area contributed by atoms with Crippen molar-refractivity contribution in [1.29, 1.82) is 5.26 Å². The molecular weight excluding hydrogens is 298 g/mol. The standard InChI is InChI=1S/C16H11N3O4/c17-8-10-1-3-11(4-2-10)18-15(20)16(21)19-12-5-6-13-14(7-12)23-9-22-13/h1-7H,9H2,(H,18,20)(H,19,21). The van der Waals surface area contributed by atoms with E-state index in [4.69, 9.17) is 14.7 Å². The number of benzene rings is 2. The number of nitriles is 1. The van der Waals surface area contributed by atoms with Crippen LogP contribution in [0.1, 0.15) is 5.56 Å². The molecule has 2 amide bonds. The average Bonchev–Trinajstić information content (AvgIpc) is 3.03. The highest BCUT2D eigenvalue weighted by Gasteiger charge is 2.17. The van der Waals surface area contributed by atoms with Gasteiger partial charge in [0.25, 0.3) is 0 Å².